The van der Waals surface area contributed by atoms with Gasteiger partial charge in [-0.1, -0.05) is 0 Å². The van der Waals surface area contributed by atoms with Crippen molar-refractivity contribution in [2.45, 2.75) is 0 Å². The van der Waals surface area contributed by atoms with Crippen molar-refractivity contribution in [3.05, 3.63) is 82.5 Å². The summed E-state index contributed by atoms with van der Waals surface area (Å²) in [5, 5.41) is 4.11. The Bertz CT molecular complexity index is 1030. The fourth-order valence-electron chi connectivity index (χ4n) is 2.56. The summed E-state index contributed by atoms with van der Waals surface area (Å²) < 4.78 is 24.9. The molecule has 29 heavy (non-hydrogen) atoms. The number of rotatable bonds is 7. The fourth-order valence-corrected chi connectivity index (χ4v) is 2.56. The normalized spacial score (nSPS) is 10.4. The molecule has 0 aliphatic rings. The van der Waals surface area contributed by atoms with Gasteiger partial charge in [-0.3, -0.25) is 9.59 Å². The number of halogens is 1. The Hall–Kier alpha value is -3.68. The monoisotopic (exact) mass is 397 g/mol. The molecule has 0 atom stereocenters. The molecule has 150 valence electrons. The molecule has 0 saturated carbocycles. The number of hydrogen-bond donors (Lipinski definition) is 0. The minimum absolute atomic E-state index is 0.0980. The highest BCUT2D eigenvalue weighted by molar-refractivity contribution is 5.91. The number of hydrogen-bond acceptors (Lipinski definition) is 5. The molecule has 0 aliphatic heterocycles. The first kappa shape index (κ1) is 20.1. The van der Waals surface area contributed by atoms with E-state index in [2.05, 4.69) is 5.10 Å². The van der Waals surface area contributed by atoms with E-state index < -0.39 is 11.4 Å². The van der Waals surface area contributed by atoms with Crippen LogP contribution in [0.15, 0.2) is 65.5 Å². The maximum absolute atomic E-state index is 13.1. The molecular formula is C21H20FN3O4. The zero-order valence-corrected chi connectivity index (χ0v) is 16.0. The van der Waals surface area contributed by atoms with Crippen molar-refractivity contribution in [3.8, 4) is 17.2 Å². The highest BCUT2D eigenvalue weighted by Crippen LogP contribution is 2.16. The van der Waals surface area contributed by atoms with Gasteiger partial charge in [-0.05, 0) is 54.6 Å². The molecule has 0 radical (unpaired) electrons. The van der Waals surface area contributed by atoms with Crippen molar-refractivity contribution >= 4 is 5.91 Å². The summed E-state index contributed by atoms with van der Waals surface area (Å²) >= 11 is 0. The van der Waals surface area contributed by atoms with Crippen molar-refractivity contribution in [2.24, 2.45) is 0 Å². The molecule has 0 aliphatic carbocycles. The first-order valence-corrected chi connectivity index (χ1v) is 8.86. The SMILES string of the molecule is COc1ccc(OCCN(C)C(=O)c2ccc(=O)n(-c3ccc(F)cc3)n2)cc1. The third-order valence-electron chi connectivity index (χ3n) is 4.19. The molecule has 0 N–H and O–H groups in total. The lowest BCUT2D eigenvalue weighted by molar-refractivity contribution is 0.0766. The maximum atomic E-state index is 13.1. The number of ether oxygens (including phenoxy) is 2. The Kier molecular flexibility index (Phi) is 6.23. The molecule has 1 aromatic heterocycles. The van der Waals surface area contributed by atoms with Crippen LogP contribution in [-0.2, 0) is 0 Å². The highest BCUT2D eigenvalue weighted by atomic mass is 19.1. The lowest BCUT2D eigenvalue weighted by atomic mass is 10.3. The van der Waals surface area contributed by atoms with Gasteiger partial charge in [0.05, 0.1) is 19.3 Å². The molecule has 0 unspecified atom stereocenters. The van der Waals surface area contributed by atoms with E-state index in [0.717, 1.165) is 10.4 Å². The van der Waals surface area contributed by atoms with E-state index in [1.54, 1.807) is 38.4 Å². The summed E-state index contributed by atoms with van der Waals surface area (Å²) in [6.07, 6.45) is 0. The van der Waals surface area contributed by atoms with Crippen molar-refractivity contribution in [3.63, 3.8) is 0 Å². The fraction of sp³-hybridized carbons (Fsp3) is 0.190. The van der Waals surface area contributed by atoms with Gasteiger partial charge in [0.1, 0.15) is 29.6 Å². The second-order valence-corrected chi connectivity index (χ2v) is 6.20. The number of aromatic nitrogens is 2. The average molecular weight is 397 g/mol. The van der Waals surface area contributed by atoms with E-state index >= 15 is 0 Å². The van der Waals surface area contributed by atoms with Crippen LogP contribution in [0.2, 0.25) is 0 Å². The zero-order chi connectivity index (χ0) is 20.8. The number of amides is 1. The molecule has 0 saturated heterocycles. The summed E-state index contributed by atoms with van der Waals surface area (Å²) in [5.74, 6) is 0.603. The quantitative estimate of drug-likeness (QED) is 0.613. The van der Waals surface area contributed by atoms with Crippen LogP contribution in [-0.4, -0.2) is 47.9 Å². The van der Waals surface area contributed by atoms with Gasteiger partial charge in [0, 0.05) is 13.1 Å². The summed E-state index contributed by atoms with van der Waals surface area (Å²) in [6, 6.07) is 15.0. The summed E-state index contributed by atoms with van der Waals surface area (Å²) in [5.41, 5.74) is 0.0519. The third kappa shape index (κ3) is 4.98. The predicted molar refractivity (Wildman–Crippen MR) is 105 cm³/mol. The van der Waals surface area contributed by atoms with Gasteiger partial charge < -0.3 is 14.4 Å². The molecular weight excluding hydrogens is 377 g/mol. The smallest absolute Gasteiger partial charge is 0.274 e. The van der Waals surface area contributed by atoms with E-state index in [1.165, 1.54) is 41.3 Å². The molecule has 1 amide bonds. The molecule has 0 fully saturated rings. The Morgan fingerprint density at radius 1 is 1.03 bits per heavy atom. The van der Waals surface area contributed by atoms with Crippen LogP contribution < -0.4 is 15.0 Å². The number of nitrogens with zero attached hydrogens (tertiary/aromatic N) is 3. The van der Waals surface area contributed by atoms with Crippen LogP contribution in [0, 0.1) is 5.82 Å². The van der Waals surface area contributed by atoms with E-state index in [0.29, 0.717) is 18.0 Å². The topological polar surface area (TPSA) is 73.7 Å². The minimum Gasteiger partial charge on any atom is -0.497 e. The van der Waals surface area contributed by atoms with Crippen molar-refractivity contribution in [1.82, 2.24) is 14.7 Å². The number of methoxy groups -OCH3 is 1. The Balaban J connectivity index is 1.65. The molecule has 0 spiro atoms. The van der Waals surface area contributed by atoms with Gasteiger partial charge in [-0.25, -0.2) is 4.39 Å². The van der Waals surface area contributed by atoms with Crippen LogP contribution in [0.4, 0.5) is 4.39 Å². The van der Waals surface area contributed by atoms with Crippen LogP contribution in [0.3, 0.4) is 0 Å². The molecule has 7 nitrogen and oxygen atoms in total. The minimum atomic E-state index is -0.425. The number of likely N-dealkylation sites (N-methyl/N-ethyl adjacent to an activating group) is 1. The van der Waals surface area contributed by atoms with Gasteiger partial charge in [0.25, 0.3) is 11.5 Å². The largest absolute Gasteiger partial charge is 0.497 e. The zero-order valence-electron chi connectivity index (χ0n) is 16.0. The molecule has 2 aromatic carbocycles. The number of carbonyl (C=O) groups excluding carboxylic acids is 1. The standard InChI is InChI=1S/C21H20FN3O4/c1-24(13-14-29-18-9-7-17(28-2)8-10-18)21(27)19-11-12-20(26)25(23-19)16-5-3-15(22)4-6-16/h3-12H,13-14H2,1-2H3. The second-order valence-electron chi connectivity index (χ2n) is 6.20. The van der Waals surface area contributed by atoms with Crippen LogP contribution in [0.25, 0.3) is 5.69 Å². The number of benzene rings is 2. The molecule has 0 bridgehead atoms. The molecule has 1 heterocycles. The molecule has 3 rings (SSSR count). The number of carbonyl (C=O) groups is 1. The summed E-state index contributed by atoms with van der Waals surface area (Å²) in [6.45, 7) is 0.606. The van der Waals surface area contributed by atoms with Gasteiger partial charge in [0.15, 0.2) is 0 Å². The molecule has 8 heteroatoms. The van der Waals surface area contributed by atoms with Gasteiger partial charge in [-0.15, -0.1) is 0 Å². The van der Waals surface area contributed by atoms with Crippen LogP contribution >= 0.6 is 0 Å². The van der Waals surface area contributed by atoms with E-state index in [1.807, 2.05) is 0 Å². The maximum Gasteiger partial charge on any atom is 0.274 e. The van der Waals surface area contributed by atoms with Crippen LogP contribution in [0.5, 0.6) is 11.5 Å². The first-order chi connectivity index (χ1) is 14.0. The summed E-state index contributed by atoms with van der Waals surface area (Å²) in [4.78, 5) is 26.2. The lowest BCUT2D eigenvalue weighted by Gasteiger charge is -2.17. The van der Waals surface area contributed by atoms with E-state index in [4.69, 9.17) is 9.47 Å². The van der Waals surface area contributed by atoms with E-state index in [-0.39, 0.29) is 18.2 Å². The predicted octanol–water partition coefficient (Wildman–Crippen LogP) is 2.53. The van der Waals surface area contributed by atoms with E-state index in [9.17, 15) is 14.0 Å². The Morgan fingerprint density at radius 3 is 2.34 bits per heavy atom. The van der Waals surface area contributed by atoms with Crippen molar-refractivity contribution < 1.29 is 18.7 Å². The highest BCUT2D eigenvalue weighted by Gasteiger charge is 2.15. The lowest BCUT2D eigenvalue weighted by Crippen LogP contribution is -2.33. The van der Waals surface area contributed by atoms with Crippen LogP contribution in [0.1, 0.15) is 10.5 Å². The van der Waals surface area contributed by atoms with Gasteiger partial charge >= 0.3 is 0 Å². The van der Waals surface area contributed by atoms with Crippen molar-refractivity contribution in [1.29, 1.82) is 0 Å². The Labute approximate surface area is 166 Å². The molecule has 3 aromatic rings. The Morgan fingerprint density at radius 2 is 1.69 bits per heavy atom. The second kappa shape index (κ2) is 9.01. The first-order valence-electron chi connectivity index (χ1n) is 8.86. The third-order valence-corrected chi connectivity index (χ3v) is 4.19. The van der Waals surface area contributed by atoms with Crippen molar-refractivity contribution in [2.75, 3.05) is 27.3 Å². The summed E-state index contributed by atoms with van der Waals surface area (Å²) in [7, 11) is 3.21. The average Bonchev–Trinajstić information content (AvgIpc) is 2.74. The van der Waals surface area contributed by atoms with Gasteiger partial charge in [0.2, 0.25) is 0 Å². The van der Waals surface area contributed by atoms with Gasteiger partial charge in [-0.2, -0.15) is 9.78 Å².